The highest BCUT2D eigenvalue weighted by Gasteiger charge is 2.37. The van der Waals surface area contributed by atoms with E-state index in [0.29, 0.717) is 64.8 Å². The molecule has 0 radical (unpaired) electrons. The van der Waals surface area contributed by atoms with E-state index in [1.807, 2.05) is 0 Å². The molecule has 1 aromatic heterocycles. The number of alkyl halides is 6. The monoisotopic (exact) mass is 594 g/mol. The molecule has 0 fully saturated rings. The normalized spacial score (nSPS) is 12.0. The highest BCUT2D eigenvalue weighted by atomic mass is 19.4. The quantitative estimate of drug-likeness (QED) is 0.193. The average Bonchev–Trinajstić information content (AvgIpc) is 3.34. The zero-order valence-corrected chi connectivity index (χ0v) is 23.2. The Morgan fingerprint density at radius 3 is 2.07 bits per heavy atom. The number of halogens is 6. The van der Waals surface area contributed by atoms with Crippen molar-refractivity contribution in [1.29, 1.82) is 0 Å². The van der Waals surface area contributed by atoms with Crippen molar-refractivity contribution in [3.8, 4) is 28.4 Å². The first kappa shape index (κ1) is 30.6. The molecule has 0 aliphatic carbocycles. The third-order valence-electron chi connectivity index (χ3n) is 6.88. The third kappa shape index (κ3) is 6.12. The Kier molecular flexibility index (Phi) is 8.65. The first-order chi connectivity index (χ1) is 19.8. The summed E-state index contributed by atoms with van der Waals surface area (Å²) in [5.74, 6) is 1.00. The van der Waals surface area contributed by atoms with Crippen LogP contribution in [0.2, 0.25) is 0 Å². The van der Waals surface area contributed by atoms with Gasteiger partial charge in [0.1, 0.15) is 5.75 Å². The van der Waals surface area contributed by atoms with Crippen LogP contribution in [0, 0.1) is 0 Å². The molecule has 0 bridgehead atoms. The van der Waals surface area contributed by atoms with Gasteiger partial charge in [-0.05, 0) is 73.5 Å². The smallest absolute Gasteiger partial charge is 0.416 e. The van der Waals surface area contributed by atoms with E-state index < -0.39 is 41.7 Å². The first-order valence-electron chi connectivity index (χ1n) is 12.9. The molecule has 0 spiro atoms. The van der Waals surface area contributed by atoms with Crippen LogP contribution < -0.4 is 14.2 Å². The van der Waals surface area contributed by atoms with Crippen LogP contribution in [0.3, 0.4) is 0 Å². The Balaban J connectivity index is 1.90. The summed E-state index contributed by atoms with van der Waals surface area (Å²) in [5, 5.41) is 0.493. The molecule has 0 aliphatic rings. The minimum absolute atomic E-state index is 0.180. The van der Waals surface area contributed by atoms with E-state index in [2.05, 4.69) is 0 Å². The molecule has 1 amide bonds. The number of aromatic nitrogens is 1. The molecular formula is C30H28F6N2O4. The van der Waals surface area contributed by atoms with Crippen LogP contribution in [0.4, 0.5) is 31.1 Å². The summed E-state index contributed by atoms with van der Waals surface area (Å²) in [4.78, 5) is 14.3. The van der Waals surface area contributed by atoms with Gasteiger partial charge in [0.05, 0.1) is 25.3 Å². The fraction of sp³-hybridized carbons (Fsp3) is 0.300. The summed E-state index contributed by atoms with van der Waals surface area (Å²) in [6.07, 6.45) is -8.80. The minimum atomic E-state index is -4.86. The van der Waals surface area contributed by atoms with Gasteiger partial charge in [0.25, 0.3) is 0 Å². The van der Waals surface area contributed by atoms with Gasteiger partial charge in [-0.3, -0.25) is 0 Å². The first-order valence-corrected chi connectivity index (χ1v) is 12.9. The molecule has 4 rings (SSSR count). The van der Waals surface area contributed by atoms with Gasteiger partial charge in [-0.2, -0.15) is 26.3 Å². The lowest BCUT2D eigenvalue weighted by molar-refractivity contribution is -0.141. The Morgan fingerprint density at radius 1 is 0.810 bits per heavy atom. The maximum Gasteiger partial charge on any atom is 0.416 e. The fourth-order valence-electron chi connectivity index (χ4n) is 4.77. The van der Waals surface area contributed by atoms with E-state index in [4.69, 9.17) is 14.2 Å². The van der Waals surface area contributed by atoms with E-state index in [0.717, 1.165) is 0 Å². The van der Waals surface area contributed by atoms with Crippen LogP contribution in [0.5, 0.6) is 17.2 Å². The molecule has 6 nitrogen and oxygen atoms in total. The van der Waals surface area contributed by atoms with Gasteiger partial charge in [-0.25, -0.2) is 4.79 Å². The van der Waals surface area contributed by atoms with E-state index in [1.54, 1.807) is 44.2 Å². The van der Waals surface area contributed by atoms with Crippen LogP contribution in [0.25, 0.3) is 22.0 Å². The number of ether oxygens (including phenoxy) is 3. The summed E-state index contributed by atoms with van der Waals surface area (Å²) in [7, 11) is 2.92. The van der Waals surface area contributed by atoms with Gasteiger partial charge in [-0.1, -0.05) is 6.07 Å². The molecule has 4 aromatic rings. The van der Waals surface area contributed by atoms with E-state index in [1.165, 1.54) is 35.9 Å². The predicted octanol–water partition coefficient (Wildman–Crippen LogP) is 8.25. The minimum Gasteiger partial charge on any atom is -0.493 e. The second-order valence-corrected chi connectivity index (χ2v) is 9.29. The SMILES string of the molecule is CCN(CC)C(=O)Oc1ccc2c(ccn2Cc2cc(C(F)(F)F)ccc2C(F)(F)F)c1-c1ccc(OC)c(OC)c1. The molecule has 0 aliphatic heterocycles. The lowest BCUT2D eigenvalue weighted by Crippen LogP contribution is -2.33. The standard InChI is InChI=1S/C30H28F6N2O4/c1-5-37(6-2)28(39)42-25-12-10-23-21(27(25)18-7-11-24(40-3)26(16-18)41-4)13-14-38(23)17-19-15-20(29(31,32)33)8-9-22(19)30(34,35)36/h7-16H,5-6,17H2,1-4H3. The average molecular weight is 595 g/mol. The second kappa shape index (κ2) is 11.9. The van der Waals surface area contributed by atoms with Crippen LogP contribution >= 0.6 is 0 Å². The number of benzene rings is 3. The highest BCUT2D eigenvalue weighted by molar-refractivity contribution is 6.00. The van der Waals surface area contributed by atoms with Crippen molar-refractivity contribution >= 4 is 17.0 Å². The summed E-state index contributed by atoms with van der Waals surface area (Å²) in [5.41, 5.74) is -1.49. The lowest BCUT2D eigenvalue weighted by Gasteiger charge is -2.20. The van der Waals surface area contributed by atoms with E-state index >= 15 is 0 Å². The fourth-order valence-corrected chi connectivity index (χ4v) is 4.77. The number of fused-ring (bicyclic) bond motifs is 1. The molecule has 12 heteroatoms. The van der Waals surface area contributed by atoms with Crippen molar-refractivity contribution in [3.05, 3.63) is 77.5 Å². The molecule has 0 N–H and O–H groups in total. The zero-order valence-electron chi connectivity index (χ0n) is 23.2. The number of carbonyl (C=O) groups is 1. The van der Waals surface area contributed by atoms with Gasteiger partial charge in [0.15, 0.2) is 11.5 Å². The Labute approximate surface area is 238 Å². The molecule has 42 heavy (non-hydrogen) atoms. The maximum absolute atomic E-state index is 13.8. The number of hydrogen-bond acceptors (Lipinski definition) is 4. The van der Waals surface area contributed by atoms with Crippen molar-refractivity contribution in [1.82, 2.24) is 9.47 Å². The summed E-state index contributed by atoms with van der Waals surface area (Å²) in [6.45, 7) is 3.90. The molecule has 0 unspecified atom stereocenters. The Morgan fingerprint density at radius 2 is 1.48 bits per heavy atom. The number of hydrogen-bond donors (Lipinski definition) is 0. The largest absolute Gasteiger partial charge is 0.493 e. The lowest BCUT2D eigenvalue weighted by atomic mass is 9.99. The second-order valence-electron chi connectivity index (χ2n) is 9.29. The molecule has 0 atom stereocenters. The van der Waals surface area contributed by atoms with Gasteiger partial charge in [0.2, 0.25) is 0 Å². The van der Waals surface area contributed by atoms with Crippen LogP contribution in [0.15, 0.2) is 60.8 Å². The zero-order chi connectivity index (χ0) is 30.8. The van der Waals surface area contributed by atoms with Crippen molar-refractivity contribution in [3.63, 3.8) is 0 Å². The van der Waals surface area contributed by atoms with Crippen LogP contribution in [0.1, 0.15) is 30.5 Å². The number of methoxy groups -OCH3 is 2. The summed E-state index contributed by atoms with van der Waals surface area (Å²) in [6, 6.07) is 11.1. The van der Waals surface area contributed by atoms with Gasteiger partial charge < -0.3 is 23.7 Å². The van der Waals surface area contributed by atoms with Crippen molar-refractivity contribution in [2.75, 3.05) is 27.3 Å². The van der Waals surface area contributed by atoms with E-state index in [-0.39, 0.29) is 5.75 Å². The number of carbonyl (C=O) groups excluding carboxylic acids is 1. The van der Waals surface area contributed by atoms with Crippen molar-refractivity contribution in [2.45, 2.75) is 32.7 Å². The highest BCUT2D eigenvalue weighted by Crippen LogP contribution is 2.42. The third-order valence-corrected chi connectivity index (χ3v) is 6.88. The van der Waals surface area contributed by atoms with Crippen LogP contribution in [-0.4, -0.2) is 42.9 Å². The van der Waals surface area contributed by atoms with Crippen molar-refractivity contribution < 1.29 is 45.3 Å². The molecule has 0 saturated carbocycles. The Bertz CT molecular complexity index is 1590. The molecular weight excluding hydrogens is 566 g/mol. The maximum atomic E-state index is 13.8. The number of rotatable bonds is 8. The predicted molar refractivity (Wildman–Crippen MR) is 145 cm³/mol. The van der Waals surface area contributed by atoms with E-state index in [9.17, 15) is 31.1 Å². The van der Waals surface area contributed by atoms with Gasteiger partial charge in [0, 0.05) is 42.3 Å². The Hall–Kier alpha value is -4.35. The topological polar surface area (TPSA) is 52.9 Å². The molecule has 0 saturated heterocycles. The molecule has 3 aromatic carbocycles. The number of amides is 1. The summed E-state index contributed by atoms with van der Waals surface area (Å²) >= 11 is 0. The van der Waals surface area contributed by atoms with Crippen molar-refractivity contribution in [2.24, 2.45) is 0 Å². The van der Waals surface area contributed by atoms with Crippen LogP contribution in [-0.2, 0) is 18.9 Å². The van der Waals surface area contributed by atoms with Gasteiger partial charge in [-0.15, -0.1) is 0 Å². The number of nitrogens with zero attached hydrogens (tertiary/aromatic N) is 2. The summed E-state index contributed by atoms with van der Waals surface area (Å²) < 4.78 is 99.4. The van der Waals surface area contributed by atoms with Gasteiger partial charge >= 0.3 is 18.4 Å². The molecule has 224 valence electrons. The molecule has 1 heterocycles.